The van der Waals surface area contributed by atoms with Crippen molar-refractivity contribution in [2.45, 2.75) is 46.6 Å². The molecule has 0 unspecified atom stereocenters. The van der Waals surface area contributed by atoms with Gasteiger partial charge in [0.2, 0.25) is 0 Å². The highest BCUT2D eigenvalue weighted by Crippen LogP contribution is 2.32. The minimum Gasteiger partial charge on any atom is -0.495 e. The molecule has 5 nitrogen and oxygen atoms in total. The number of hydrogen-bond donors (Lipinski definition) is 1. The number of aromatic nitrogens is 2. The predicted octanol–water partition coefficient (Wildman–Crippen LogP) is 5.76. The summed E-state index contributed by atoms with van der Waals surface area (Å²) in [5.74, 6) is 0.286. The number of aryl methyl sites for hydroxylation is 2. The Morgan fingerprint density at radius 2 is 1.80 bits per heavy atom. The van der Waals surface area contributed by atoms with Crippen molar-refractivity contribution >= 4 is 23.2 Å². The van der Waals surface area contributed by atoms with Crippen LogP contribution >= 0.6 is 11.6 Å². The molecule has 0 saturated heterocycles. The number of benzene rings is 2. The molecule has 1 heterocycles. The van der Waals surface area contributed by atoms with Crippen LogP contribution in [0.2, 0.25) is 5.15 Å². The maximum Gasteiger partial charge on any atom is 0.260 e. The molecule has 0 atom stereocenters. The summed E-state index contributed by atoms with van der Waals surface area (Å²) >= 11 is 6.56. The Bertz CT molecular complexity index is 1060. The lowest BCUT2D eigenvalue weighted by Crippen LogP contribution is -2.16. The van der Waals surface area contributed by atoms with Gasteiger partial charge in [-0.2, -0.15) is 5.10 Å². The molecule has 0 spiro atoms. The van der Waals surface area contributed by atoms with E-state index in [-0.39, 0.29) is 11.3 Å². The zero-order chi connectivity index (χ0) is 22.1. The van der Waals surface area contributed by atoms with Crippen LogP contribution in [0.1, 0.15) is 53.5 Å². The maximum absolute atomic E-state index is 13.1. The Balaban J connectivity index is 1.89. The first kappa shape index (κ1) is 21.9. The third kappa shape index (κ3) is 4.68. The average molecular weight is 426 g/mol. The van der Waals surface area contributed by atoms with Gasteiger partial charge in [0.15, 0.2) is 0 Å². The smallest absolute Gasteiger partial charge is 0.260 e. The Kier molecular flexibility index (Phi) is 6.22. The van der Waals surface area contributed by atoms with Gasteiger partial charge in [0.1, 0.15) is 10.9 Å². The quantitative estimate of drug-likeness (QED) is 0.565. The van der Waals surface area contributed by atoms with Crippen molar-refractivity contribution in [2.75, 3.05) is 12.4 Å². The number of nitrogens with zero attached hydrogens (tertiary/aromatic N) is 2. The molecule has 0 bridgehead atoms. The number of hydrogen-bond acceptors (Lipinski definition) is 3. The SMILES string of the molecule is COc1ccc(C(C)(C)C)cc1NC(=O)c1c(C)nn(Cc2ccc(C)cc2)c1Cl. The fourth-order valence-corrected chi connectivity index (χ4v) is 3.56. The third-order valence-electron chi connectivity index (χ3n) is 5.06. The van der Waals surface area contributed by atoms with E-state index in [0.717, 1.165) is 11.1 Å². The molecule has 0 aliphatic heterocycles. The van der Waals surface area contributed by atoms with Gasteiger partial charge in [0, 0.05) is 0 Å². The van der Waals surface area contributed by atoms with Crippen LogP contribution in [0.25, 0.3) is 0 Å². The number of carbonyl (C=O) groups excluding carboxylic acids is 1. The lowest BCUT2D eigenvalue weighted by Gasteiger charge is -2.21. The van der Waals surface area contributed by atoms with Gasteiger partial charge in [-0.05, 0) is 42.5 Å². The van der Waals surface area contributed by atoms with Crippen molar-refractivity contribution in [2.24, 2.45) is 0 Å². The van der Waals surface area contributed by atoms with E-state index in [9.17, 15) is 4.79 Å². The summed E-state index contributed by atoms with van der Waals surface area (Å²) in [6.07, 6.45) is 0. The zero-order valence-corrected chi connectivity index (χ0v) is 19.1. The van der Waals surface area contributed by atoms with Crippen molar-refractivity contribution in [1.29, 1.82) is 0 Å². The van der Waals surface area contributed by atoms with Crippen LogP contribution in [0.3, 0.4) is 0 Å². The van der Waals surface area contributed by atoms with Crippen LogP contribution in [-0.4, -0.2) is 22.8 Å². The van der Waals surface area contributed by atoms with Crippen molar-refractivity contribution in [3.05, 3.63) is 75.6 Å². The van der Waals surface area contributed by atoms with Crippen molar-refractivity contribution in [3.63, 3.8) is 0 Å². The highest BCUT2D eigenvalue weighted by atomic mass is 35.5. The molecule has 2 aromatic carbocycles. The van der Waals surface area contributed by atoms with E-state index in [1.807, 2.05) is 49.4 Å². The fourth-order valence-electron chi connectivity index (χ4n) is 3.24. The summed E-state index contributed by atoms with van der Waals surface area (Å²) in [4.78, 5) is 13.1. The van der Waals surface area contributed by atoms with Crippen LogP contribution in [0.5, 0.6) is 5.75 Å². The second-order valence-electron chi connectivity index (χ2n) is 8.51. The molecule has 3 rings (SSSR count). The Labute approximate surface area is 183 Å². The molecule has 0 saturated carbocycles. The fraction of sp³-hybridized carbons (Fsp3) is 0.333. The molecule has 6 heteroatoms. The highest BCUT2D eigenvalue weighted by molar-refractivity contribution is 6.33. The molecule has 158 valence electrons. The summed E-state index contributed by atoms with van der Waals surface area (Å²) < 4.78 is 7.09. The zero-order valence-electron chi connectivity index (χ0n) is 18.3. The van der Waals surface area contributed by atoms with Gasteiger partial charge in [-0.3, -0.25) is 4.79 Å². The summed E-state index contributed by atoms with van der Waals surface area (Å²) in [6.45, 7) is 10.7. The van der Waals surface area contributed by atoms with Gasteiger partial charge in [-0.15, -0.1) is 0 Å². The first-order valence-corrected chi connectivity index (χ1v) is 10.3. The van der Waals surface area contributed by atoms with E-state index in [2.05, 4.69) is 31.2 Å². The molecule has 1 N–H and O–H groups in total. The van der Waals surface area contributed by atoms with Gasteiger partial charge < -0.3 is 10.1 Å². The number of carbonyl (C=O) groups is 1. The second kappa shape index (κ2) is 8.52. The van der Waals surface area contributed by atoms with Gasteiger partial charge in [-0.1, -0.05) is 68.3 Å². The maximum atomic E-state index is 13.1. The topological polar surface area (TPSA) is 56.1 Å². The lowest BCUT2D eigenvalue weighted by atomic mass is 9.87. The van der Waals surface area contributed by atoms with Gasteiger partial charge in [0.25, 0.3) is 5.91 Å². The minimum absolute atomic E-state index is 0.0573. The van der Waals surface area contributed by atoms with Crippen LogP contribution < -0.4 is 10.1 Å². The Hall–Kier alpha value is -2.79. The number of amides is 1. The standard InChI is InChI=1S/C24H28ClN3O2/c1-15-7-9-17(10-8-15)14-28-22(25)21(16(2)27-28)23(29)26-19-13-18(24(3,4)5)11-12-20(19)30-6/h7-13H,14H2,1-6H3,(H,26,29). The molecule has 0 fully saturated rings. The first-order chi connectivity index (χ1) is 14.1. The van der Waals surface area contributed by atoms with Crippen LogP contribution in [0.15, 0.2) is 42.5 Å². The van der Waals surface area contributed by atoms with Crippen LogP contribution in [0.4, 0.5) is 5.69 Å². The Morgan fingerprint density at radius 3 is 2.40 bits per heavy atom. The normalized spacial score (nSPS) is 11.4. The van der Waals surface area contributed by atoms with E-state index in [1.165, 1.54) is 5.56 Å². The lowest BCUT2D eigenvalue weighted by molar-refractivity contribution is 0.102. The van der Waals surface area contributed by atoms with Crippen LogP contribution in [-0.2, 0) is 12.0 Å². The minimum atomic E-state index is -0.308. The molecule has 0 aliphatic rings. The largest absolute Gasteiger partial charge is 0.495 e. The molecular weight excluding hydrogens is 398 g/mol. The highest BCUT2D eigenvalue weighted by Gasteiger charge is 2.23. The molecular formula is C24H28ClN3O2. The summed E-state index contributed by atoms with van der Waals surface area (Å²) in [5.41, 5.74) is 4.85. The molecule has 0 aliphatic carbocycles. The number of methoxy groups -OCH3 is 1. The molecule has 30 heavy (non-hydrogen) atoms. The monoisotopic (exact) mass is 425 g/mol. The van der Waals surface area contributed by atoms with Gasteiger partial charge >= 0.3 is 0 Å². The van der Waals surface area contributed by atoms with E-state index in [0.29, 0.717) is 34.4 Å². The number of anilines is 1. The first-order valence-electron chi connectivity index (χ1n) is 9.88. The van der Waals surface area contributed by atoms with Crippen molar-refractivity contribution in [1.82, 2.24) is 9.78 Å². The third-order valence-corrected chi connectivity index (χ3v) is 5.44. The molecule has 0 radical (unpaired) electrons. The molecule has 3 aromatic rings. The van der Waals surface area contributed by atoms with E-state index in [1.54, 1.807) is 18.7 Å². The van der Waals surface area contributed by atoms with Gasteiger partial charge in [0.05, 0.1) is 30.6 Å². The van der Waals surface area contributed by atoms with E-state index < -0.39 is 0 Å². The number of nitrogens with one attached hydrogen (secondary N) is 1. The average Bonchev–Trinajstić information content (AvgIpc) is 2.96. The van der Waals surface area contributed by atoms with E-state index >= 15 is 0 Å². The Morgan fingerprint density at radius 1 is 1.13 bits per heavy atom. The summed E-state index contributed by atoms with van der Waals surface area (Å²) in [5, 5.41) is 7.75. The van der Waals surface area contributed by atoms with Crippen molar-refractivity contribution < 1.29 is 9.53 Å². The van der Waals surface area contributed by atoms with E-state index in [4.69, 9.17) is 16.3 Å². The van der Waals surface area contributed by atoms with Crippen molar-refractivity contribution in [3.8, 4) is 5.75 Å². The summed E-state index contributed by atoms with van der Waals surface area (Å²) in [6, 6.07) is 14.0. The summed E-state index contributed by atoms with van der Waals surface area (Å²) in [7, 11) is 1.58. The van der Waals surface area contributed by atoms with Gasteiger partial charge in [-0.25, -0.2) is 4.68 Å². The molecule has 1 aromatic heterocycles. The van der Waals surface area contributed by atoms with Crippen LogP contribution in [0, 0.1) is 13.8 Å². The molecule has 1 amide bonds. The number of ether oxygens (including phenoxy) is 1. The number of halogens is 1. The predicted molar refractivity (Wildman–Crippen MR) is 122 cm³/mol. The second-order valence-corrected chi connectivity index (χ2v) is 8.87. The number of rotatable bonds is 5.